The third kappa shape index (κ3) is 3.16. The van der Waals surface area contributed by atoms with E-state index in [2.05, 4.69) is 25.3 Å². The predicted octanol–water partition coefficient (Wildman–Crippen LogP) is -1.02. The molecule has 1 saturated heterocycles. The van der Waals surface area contributed by atoms with Crippen LogP contribution >= 0.6 is 0 Å². The summed E-state index contributed by atoms with van der Waals surface area (Å²) in [7, 11) is 1.32. The molecule has 3 heterocycles. The molecule has 0 atom stereocenters. The van der Waals surface area contributed by atoms with E-state index in [4.69, 9.17) is 10.5 Å². The van der Waals surface area contributed by atoms with Gasteiger partial charge in [-0.05, 0) is 36.0 Å². The molecule has 10 heteroatoms. The van der Waals surface area contributed by atoms with Gasteiger partial charge in [0.1, 0.15) is 12.2 Å². The van der Waals surface area contributed by atoms with Crippen LogP contribution < -0.4 is 10.6 Å². The fourth-order valence-corrected chi connectivity index (χ4v) is 2.87. The van der Waals surface area contributed by atoms with Gasteiger partial charge >= 0.3 is 5.97 Å². The fourth-order valence-electron chi connectivity index (χ4n) is 2.87. The lowest BCUT2D eigenvalue weighted by Crippen LogP contribution is -3.10. The molecule has 10 nitrogen and oxygen atoms in total. The van der Waals surface area contributed by atoms with Gasteiger partial charge in [-0.25, -0.2) is 9.42 Å². The number of rotatable bonds is 4. The number of ether oxygens (including phenoxy) is 1. The van der Waals surface area contributed by atoms with Crippen LogP contribution in [-0.2, 0) is 11.3 Å². The summed E-state index contributed by atoms with van der Waals surface area (Å²) < 4.78 is 10.8. The van der Waals surface area contributed by atoms with Gasteiger partial charge in [-0.1, -0.05) is 5.21 Å². The summed E-state index contributed by atoms with van der Waals surface area (Å²) in [6.07, 6.45) is 4.81. The third-order valence-electron chi connectivity index (χ3n) is 4.07. The molecular formula is C13H20N7O3+. The number of quaternary nitrogens is 1. The number of methoxy groups -OCH3 is 1. The summed E-state index contributed by atoms with van der Waals surface area (Å²) in [5.74, 6) is -0.203. The molecule has 0 aliphatic carbocycles. The topological polar surface area (TPSA) is 126 Å². The zero-order valence-electron chi connectivity index (χ0n) is 13.0. The zero-order chi connectivity index (χ0) is 16.2. The van der Waals surface area contributed by atoms with E-state index in [1.807, 2.05) is 0 Å². The first-order chi connectivity index (χ1) is 11.2. The third-order valence-corrected chi connectivity index (χ3v) is 4.07. The number of carbonyl (C=O) groups is 1. The van der Waals surface area contributed by atoms with Gasteiger partial charge in [0.15, 0.2) is 5.69 Å². The largest absolute Gasteiger partial charge is 0.464 e. The van der Waals surface area contributed by atoms with Gasteiger partial charge in [0.05, 0.1) is 20.2 Å². The quantitative estimate of drug-likeness (QED) is 0.685. The van der Waals surface area contributed by atoms with Crippen LogP contribution in [0.2, 0.25) is 0 Å². The average Bonchev–Trinajstić information content (AvgIpc) is 3.05. The lowest BCUT2D eigenvalue weighted by Gasteiger charge is -2.17. The highest BCUT2D eigenvalue weighted by atomic mass is 16.6. The molecule has 0 radical (unpaired) electrons. The molecule has 3 rings (SSSR count). The first-order valence-corrected chi connectivity index (χ1v) is 7.65. The second kappa shape index (κ2) is 6.73. The number of likely N-dealkylation sites (tertiary alicyclic amines) is 1. The van der Waals surface area contributed by atoms with Crippen LogP contribution in [-0.4, -0.2) is 51.5 Å². The Morgan fingerprint density at radius 1 is 1.30 bits per heavy atom. The minimum Gasteiger partial charge on any atom is -0.464 e. The van der Waals surface area contributed by atoms with E-state index in [1.165, 1.54) is 29.5 Å². The van der Waals surface area contributed by atoms with E-state index in [1.54, 1.807) is 0 Å². The zero-order valence-corrected chi connectivity index (χ0v) is 13.0. The number of nitrogens with two attached hydrogens (primary N) is 1. The number of aromatic nitrogens is 5. The smallest absolute Gasteiger partial charge is 0.360 e. The highest BCUT2D eigenvalue weighted by Crippen LogP contribution is 2.15. The second-order valence-corrected chi connectivity index (χ2v) is 5.60. The first kappa shape index (κ1) is 15.4. The minimum absolute atomic E-state index is 0.0958. The van der Waals surface area contributed by atoms with Gasteiger partial charge in [0, 0.05) is 0 Å². The predicted molar refractivity (Wildman–Crippen MR) is 77.8 cm³/mol. The molecule has 0 aromatic carbocycles. The molecule has 0 bridgehead atoms. The van der Waals surface area contributed by atoms with E-state index in [9.17, 15) is 4.79 Å². The van der Waals surface area contributed by atoms with Crippen molar-refractivity contribution >= 4 is 11.8 Å². The van der Waals surface area contributed by atoms with Crippen molar-refractivity contribution in [1.82, 2.24) is 25.3 Å². The molecule has 2 aromatic rings. The Bertz CT molecular complexity index is 673. The Labute approximate surface area is 132 Å². The van der Waals surface area contributed by atoms with Crippen molar-refractivity contribution in [3.05, 3.63) is 11.4 Å². The van der Waals surface area contributed by atoms with E-state index >= 15 is 0 Å². The summed E-state index contributed by atoms with van der Waals surface area (Å²) >= 11 is 0. The maximum absolute atomic E-state index is 12.0. The normalized spacial score (nSPS) is 16.2. The van der Waals surface area contributed by atoms with Gasteiger partial charge < -0.3 is 15.4 Å². The average molecular weight is 322 g/mol. The van der Waals surface area contributed by atoms with Crippen molar-refractivity contribution in [1.29, 1.82) is 0 Å². The Kier molecular flexibility index (Phi) is 4.51. The van der Waals surface area contributed by atoms with Crippen LogP contribution in [0.4, 0.5) is 5.82 Å². The highest BCUT2D eigenvalue weighted by Gasteiger charge is 2.27. The van der Waals surface area contributed by atoms with Crippen molar-refractivity contribution in [2.45, 2.75) is 32.2 Å². The number of carbonyl (C=O) groups excluding carboxylic acids is 1. The lowest BCUT2D eigenvalue weighted by atomic mass is 10.2. The summed E-state index contributed by atoms with van der Waals surface area (Å²) in [6, 6.07) is 0. The molecule has 124 valence electrons. The maximum Gasteiger partial charge on any atom is 0.360 e. The molecule has 1 aliphatic rings. The molecule has 0 amide bonds. The van der Waals surface area contributed by atoms with Crippen molar-refractivity contribution in [2.75, 3.05) is 25.9 Å². The van der Waals surface area contributed by atoms with Crippen LogP contribution in [0, 0.1) is 0 Å². The summed E-state index contributed by atoms with van der Waals surface area (Å²) in [6.45, 7) is 2.67. The Morgan fingerprint density at radius 3 is 2.65 bits per heavy atom. The van der Waals surface area contributed by atoms with Crippen LogP contribution in [0.5, 0.6) is 0 Å². The van der Waals surface area contributed by atoms with Crippen LogP contribution in [0.3, 0.4) is 0 Å². The molecule has 0 saturated carbocycles. The first-order valence-electron chi connectivity index (χ1n) is 7.65. The highest BCUT2D eigenvalue weighted by molar-refractivity contribution is 5.88. The van der Waals surface area contributed by atoms with Crippen molar-refractivity contribution in [2.24, 2.45) is 0 Å². The lowest BCUT2D eigenvalue weighted by molar-refractivity contribution is -0.913. The number of nitrogens with one attached hydrogen (secondary N) is 1. The minimum atomic E-state index is -0.532. The molecular weight excluding hydrogens is 302 g/mol. The van der Waals surface area contributed by atoms with Crippen LogP contribution in [0.1, 0.15) is 41.9 Å². The van der Waals surface area contributed by atoms with E-state index in [-0.39, 0.29) is 17.3 Å². The summed E-state index contributed by atoms with van der Waals surface area (Å²) in [4.78, 5) is 13.3. The number of anilines is 1. The van der Waals surface area contributed by atoms with E-state index in [0.717, 1.165) is 25.9 Å². The van der Waals surface area contributed by atoms with Gasteiger partial charge in [0.25, 0.3) is 0 Å². The van der Waals surface area contributed by atoms with E-state index < -0.39 is 5.97 Å². The van der Waals surface area contributed by atoms with Gasteiger partial charge in [0.2, 0.25) is 11.6 Å². The molecule has 0 spiro atoms. The van der Waals surface area contributed by atoms with Gasteiger partial charge in [-0.2, -0.15) is 4.68 Å². The SMILES string of the molecule is COC(=O)c1nnn(-c2nonc2N)c1C[NH+]1CCCCCC1. The van der Waals surface area contributed by atoms with Crippen molar-refractivity contribution in [3.63, 3.8) is 0 Å². The van der Waals surface area contributed by atoms with Crippen molar-refractivity contribution < 1.29 is 19.1 Å². The summed E-state index contributed by atoms with van der Waals surface area (Å²) in [5.41, 5.74) is 6.52. The van der Waals surface area contributed by atoms with Gasteiger partial charge in [-0.3, -0.25) is 0 Å². The Morgan fingerprint density at radius 2 is 2.04 bits per heavy atom. The number of esters is 1. The monoisotopic (exact) mass is 322 g/mol. The molecule has 3 N–H and O–H groups in total. The summed E-state index contributed by atoms with van der Waals surface area (Å²) in [5, 5.41) is 15.2. The fraction of sp³-hybridized carbons (Fsp3) is 0.615. The number of hydrogen-bond donors (Lipinski definition) is 2. The molecule has 1 aliphatic heterocycles. The molecule has 1 fully saturated rings. The number of hydrogen-bond acceptors (Lipinski definition) is 8. The molecule has 0 unspecified atom stereocenters. The standard InChI is InChI=1S/C13H19N7O3/c1-22-13(21)10-9(8-19-6-4-2-3-5-7-19)20(18-15-10)12-11(14)16-23-17-12/h2-8H2,1H3,(H2,14,16)/p+1. The van der Waals surface area contributed by atoms with E-state index in [0.29, 0.717) is 12.2 Å². The van der Waals surface area contributed by atoms with Crippen LogP contribution in [0.15, 0.2) is 4.63 Å². The Balaban J connectivity index is 1.95. The van der Waals surface area contributed by atoms with Gasteiger partial charge in [-0.15, -0.1) is 5.10 Å². The second-order valence-electron chi connectivity index (χ2n) is 5.60. The maximum atomic E-state index is 12.0. The number of nitrogen functional groups attached to an aromatic ring is 1. The molecule has 2 aromatic heterocycles. The molecule has 23 heavy (non-hydrogen) atoms. The van der Waals surface area contributed by atoms with Crippen molar-refractivity contribution in [3.8, 4) is 5.82 Å². The number of nitrogens with zero attached hydrogens (tertiary/aromatic N) is 5. The Hall–Kier alpha value is -2.49. The van der Waals surface area contributed by atoms with Crippen LogP contribution in [0.25, 0.3) is 5.82 Å².